The summed E-state index contributed by atoms with van der Waals surface area (Å²) in [6.07, 6.45) is 3.95. The summed E-state index contributed by atoms with van der Waals surface area (Å²) in [7, 11) is 0. The fourth-order valence-electron chi connectivity index (χ4n) is 2.13. The first kappa shape index (κ1) is 19.8. The van der Waals surface area contributed by atoms with E-state index in [4.69, 9.17) is 4.98 Å². The largest absolute Gasteiger partial charge is 0.357 e. The smallest absolute Gasteiger partial charge is 0.191 e. The number of aliphatic imine (C=N–C) groups is 1. The van der Waals surface area contributed by atoms with Crippen molar-refractivity contribution in [3.05, 3.63) is 32.2 Å². The van der Waals surface area contributed by atoms with Crippen molar-refractivity contribution in [2.45, 2.75) is 59.4 Å². The van der Waals surface area contributed by atoms with E-state index in [9.17, 15) is 0 Å². The molecule has 0 amide bonds. The molecule has 0 aliphatic carbocycles. The Morgan fingerprint density at radius 1 is 1.20 bits per heavy atom. The number of hydrogen-bond donors (Lipinski definition) is 2. The fraction of sp³-hybridized carbons (Fsp3) is 0.611. The fourth-order valence-corrected chi connectivity index (χ4v) is 3.94. The Labute approximate surface area is 159 Å². The average Bonchev–Trinajstić information content (AvgIpc) is 3.21. The molecule has 2 N–H and O–H groups in total. The molecule has 0 atom stereocenters. The van der Waals surface area contributed by atoms with Crippen LogP contribution in [0.25, 0.3) is 0 Å². The van der Waals surface area contributed by atoms with Gasteiger partial charge < -0.3 is 10.6 Å². The lowest BCUT2D eigenvalue weighted by molar-refractivity contribution is 0.571. The summed E-state index contributed by atoms with van der Waals surface area (Å²) in [4.78, 5) is 15.2. The molecule has 138 valence electrons. The summed E-state index contributed by atoms with van der Waals surface area (Å²) >= 11 is 3.47. The highest BCUT2D eigenvalue weighted by Crippen LogP contribution is 2.24. The SMILES string of the molecule is CCNC(=NCc1nc(C(C)(C)C)cs1)NCCc1ncc(CC)s1. The molecule has 0 radical (unpaired) electrons. The maximum absolute atomic E-state index is 4.70. The summed E-state index contributed by atoms with van der Waals surface area (Å²) in [5.74, 6) is 0.835. The van der Waals surface area contributed by atoms with Crippen LogP contribution in [0.3, 0.4) is 0 Å². The molecule has 0 bridgehead atoms. The Morgan fingerprint density at radius 2 is 2.00 bits per heavy atom. The lowest BCUT2D eigenvalue weighted by atomic mass is 9.93. The summed E-state index contributed by atoms with van der Waals surface area (Å²) in [5.41, 5.74) is 1.22. The molecule has 5 nitrogen and oxygen atoms in total. The van der Waals surface area contributed by atoms with E-state index >= 15 is 0 Å². The monoisotopic (exact) mass is 379 g/mol. The Morgan fingerprint density at radius 3 is 2.60 bits per heavy atom. The van der Waals surface area contributed by atoms with Crippen molar-refractivity contribution in [1.29, 1.82) is 0 Å². The number of aromatic nitrogens is 2. The zero-order valence-corrected chi connectivity index (χ0v) is 17.5. The van der Waals surface area contributed by atoms with Gasteiger partial charge in [-0.15, -0.1) is 22.7 Å². The predicted molar refractivity (Wildman–Crippen MR) is 109 cm³/mol. The lowest BCUT2D eigenvalue weighted by Crippen LogP contribution is -2.38. The topological polar surface area (TPSA) is 62.2 Å². The van der Waals surface area contributed by atoms with Crippen molar-refractivity contribution in [3.8, 4) is 0 Å². The van der Waals surface area contributed by atoms with Gasteiger partial charge in [-0.2, -0.15) is 0 Å². The molecule has 0 aliphatic heterocycles. The molecular formula is C18H29N5S2. The number of hydrogen-bond acceptors (Lipinski definition) is 5. The molecule has 0 saturated heterocycles. The summed E-state index contributed by atoms with van der Waals surface area (Å²) in [5, 5.41) is 11.0. The molecule has 0 aliphatic rings. The summed E-state index contributed by atoms with van der Waals surface area (Å²) < 4.78 is 0. The normalized spacial score (nSPS) is 12.4. The minimum Gasteiger partial charge on any atom is -0.357 e. The van der Waals surface area contributed by atoms with E-state index in [1.807, 2.05) is 6.20 Å². The Hall–Kier alpha value is -1.47. The van der Waals surface area contributed by atoms with Gasteiger partial charge in [0.1, 0.15) is 5.01 Å². The maximum atomic E-state index is 4.70. The van der Waals surface area contributed by atoms with E-state index < -0.39 is 0 Å². The van der Waals surface area contributed by atoms with Crippen LogP contribution in [0, 0.1) is 0 Å². The minimum absolute atomic E-state index is 0.0895. The van der Waals surface area contributed by atoms with Crippen LogP contribution in [0.5, 0.6) is 0 Å². The van der Waals surface area contributed by atoms with Gasteiger partial charge in [0.05, 0.1) is 17.2 Å². The molecule has 2 aromatic rings. The molecular weight excluding hydrogens is 350 g/mol. The summed E-state index contributed by atoms with van der Waals surface area (Å²) in [6.45, 7) is 13.1. The van der Waals surface area contributed by atoms with E-state index in [2.05, 4.69) is 60.6 Å². The highest BCUT2D eigenvalue weighted by atomic mass is 32.1. The first-order valence-electron chi connectivity index (χ1n) is 8.83. The van der Waals surface area contributed by atoms with Crippen molar-refractivity contribution in [3.63, 3.8) is 0 Å². The molecule has 2 rings (SSSR count). The second kappa shape index (κ2) is 9.29. The lowest BCUT2D eigenvalue weighted by Gasteiger charge is -2.14. The van der Waals surface area contributed by atoms with Gasteiger partial charge in [0.25, 0.3) is 0 Å². The van der Waals surface area contributed by atoms with Gasteiger partial charge in [-0.3, -0.25) is 0 Å². The number of nitrogens with zero attached hydrogens (tertiary/aromatic N) is 3. The van der Waals surface area contributed by atoms with Gasteiger partial charge in [0.15, 0.2) is 5.96 Å². The van der Waals surface area contributed by atoms with Gasteiger partial charge >= 0.3 is 0 Å². The number of thiazole rings is 2. The molecule has 2 heterocycles. The Kier molecular flexibility index (Phi) is 7.38. The van der Waals surface area contributed by atoms with Crippen molar-refractivity contribution >= 4 is 28.6 Å². The Balaban J connectivity index is 1.88. The molecule has 0 spiro atoms. The number of nitrogens with one attached hydrogen (secondary N) is 2. The van der Waals surface area contributed by atoms with E-state index in [0.717, 1.165) is 42.6 Å². The first-order valence-corrected chi connectivity index (χ1v) is 10.5. The van der Waals surface area contributed by atoms with Gasteiger partial charge in [-0.25, -0.2) is 15.0 Å². The number of guanidine groups is 1. The molecule has 0 fully saturated rings. The van der Waals surface area contributed by atoms with Gasteiger partial charge in [-0.05, 0) is 13.3 Å². The minimum atomic E-state index is 0.0895. The summed E-state index contributed by atoms with van der Waals surface area (Å²) in [6, 6.07) is 0. The van der Waals surface area contributed by atoms with Crippen molar-refractivity contribution < 1.29 is 0 Å². The number of aryl methyl sites for hydroxylation is 1. The second-order valence-corrected chi connectivity index (χ2v) is 8.96. The predicted octanol–water partition coefficient (Wildman–Crippen LogP) is 3.76. The zero-order chi connectivity index (χ0) is 18.3. The van der Waals surface area contributed by atoms with E-state index in [1.54, 1.807) is 22.7 Å². The average molecular weight is 380 g/mol. The van der Waals surface area contributed by atoms with E-state index in [-0.39, 0.29) is 5.41 Å². The van der Waals surface area contributed by atoms with E-state index in [0.29, 0.717) is 6.54 Å². The van der Waals surface area contributed by atoms with Gasteiger partial charge in [0.2, 0.25) is 0 Å². The standard InChI is InChI=1S/C18H29N5S2/c1-6-13-10-21-15(25-13)8-9-20-17(19-7-2)22-11-16-23-14(12-24-16)18(3,4)5/h10,12H,6-9,11H2,1-5H3,(H2,19,20,22). The zero-order valence-electron chi connectivity index (χ0n) is 15.8. The Bertz CT molecular complexity index is 682. The molecule has 0 saturated carbocycles. The third-order valence-corrected chi connectivity index (χ3v) is 5.65. The quantitative estimate of drug-likeness (QED) is 0.568. The van der Waals surface area contributed by atoms with Crippen LogP contribution in [0.2, 0.25) is 0 Å². The van der Waals surface area contributed by atoms with Gasteiger partial charge in [0, 0.05) is 41.4 Å². The van der Waals surface area contributed by atoms with Crippen LogP contribution < -0.4 is 10.6 Å². The van der Waals surface area contributed by atoms with Crippen LogP contribution in [-0.4, -0.2) is 29.0 Å². The molecule has 25 heavy (non-hydrogen) atoms. The van der Waals surface area contributed by atoms with Crippen LogP contribution in [0.15, 0.2) is 16.6 Å². The molecule has 0 aromatic carbocycles. The molecule has 0 unspecified atom stereocenters. The third-order valence-electron chi connectivity index (χ3n) is 3.62. The van der Waals surface area contributed by atoms with E-state index in [1.165, 1.54) is 9.88 Å². The second-order valence-electron chi connectivity index (χ2n) is 6.82. The number of rotatable bonds is 7. The first-order chi connectivity index (χ1) is 11.9. The highest BCUT2D eigenvalue weighted by Gasteiger charge is 2.17. The highest BCUT2D eigenvalue weighted by molar-refractivity contribution is 7.11. The van der Waals surface area contributed by atoms with Crippen molar-refractivity contribution in [2.75, 3.05) is 13.1 Å². The third kappa shape index (κ3) is 6.40. The van der Waals surface area contributed by atoms with Crippen LogP contribution in [-0.2, 0) is 24.8 Å². The van der Waals surface area contributed by atoms with Crippen LogP contribution in [0.4, 0.5) is 0 Å². The van der Waals surface area contributed by atoms with Crippen LogP contribution >= 0.6 is 22.7 Å². The van der Waals surface area contributed by atoms with Crippen LogP contribution in [0.1, 0.15) is 55.2 Å². The molecule has 7 heteroatoms. The van der Waals surface area contributed by atoms with Gasteiger partial charge in [-0.1, -0.05) is 27.7 Å². The maximum Gasteiger partial charge on any atom is 0.191 e. The van der Waals surface area contributed by atoms with Crippen molar-refractivity contribution in [1.82, 2.24) is 20.6 Å². The molecule has 2 aromatic heterocycles. The van der Waals surface area contributed by atoms with Crippen molar-refractivity contribution in [2.24, 2.45) is 4.99 Å².